The van der Waals surface area contributed by atoms with Gasteiger partial charge in [-0.25, -0.2) is 4.79 Å². The van der Waals surface area contributed by atoms with E-state index in [4.69, 9.17) is 4.84 Å². The predicted octanol–water partition coefficient (Wildman–Crippen LogP) is 2.60. The van der Waals surface area contributed by atoms with Crippen molar-refractivity contribution in [3.63, 3.8) is 0 Å². The van der Waals surface area contributed by atoms with Crippen molar-refractivity contribution in [1.82, 2.24) is 0 Å². The number of methoxy groups -OCH3 is 1. The number of nitrogens with zero attached hydrogens (tertiary/aromatic N) is 1. The highest BCUT2D eigenvalue weighted by Crippen LogP contribution is 2.15. The van der Waals surface area contributed by atoms with Gasteiger partial charge in [0.1, 0.15) is 0 Å². The Bertz CT molecular complexity index is 311. The zero-order chi connectivity index (χ0) is 11.3. The molecule has 0 radical (unpaired) electrons. The van der Waals surface area contributed by atoms with Crippen LogP contribution in [0.4, 0.5) is 10.5 Å². The SMILES string of the molecule is COC(=O)N(OC(C)C)c1ccccc1. The number of carbonyl (C=O) groups is 1. The first-order valence-corrected chi connectivity index (χ1v) is 4.75. The van der Waals surface area contributed by atoms with Gasteiger partial charge in [0.25, 0.3) is 0 Å². The molecule has 0 aliphatic heterocycles. The summed E-state index contributed by atoms with van der Waals surface area (Å²) in [6.45, 7) is 3.69. The maximum absolute atomic E-state index is 11.4. The number of hydrogen-bond acceptors (Lipinski definition) is 3. The van der Waals surface area contributed by atoms with Crippen LogP contribution in [-0.4, -0.2) is 19.3 Å². The molecule has 0 aromatic heterocycles. The highest BCUT2D eigenvalue weighted by molar-refractivity contribution is 5.85. The molecule has 0 saturated carbocycles. The molecule has 4 heteroatoms. The van der Waals surface area contributed by atoms with Gasteiger partial charge < -0.3 is 4.74 Å². The van der Waals surface area contributed by atoms with Crippen molar-refractivity contribution >= 4 is 11.8 Å². The average molecular weight is 209 g/mol. The number of carbonyl (C=O) groups excluding carboxylic acids is 1. The van der Waals surface area contributed by atoms with Gasteiger partial charge in [-0.1, -0.05) is 18.2 Å². The Morgan fingerprint density at radius 2 is 1.87 bits per heavy atom. The van der Waals surface area contributed by atoms with E-state index in [-0.39, 0.29) is 6.10 Å². The summed E-state index contributed by atoms with van der Waals surface area (Å²) >= 11 is 0. The van der Waals surface area contributed by atoms with Crippen LogP contribution >= 0.6 is 0 Å². The van der Waals surface area contributed by atoms with Crippen molar-refractivity contribution in [2.45, 2.75) is 20.0 Å². The highest BCUT2D eigenvalue weighted by atomic mass is 16.7. The first-order chi connectivity index (χ1) is 7.15. The minimum atomic E-state index is -0.532. The normalized spacial score (nSPS) is 10.1. The Morgan fingerprint density at radius 1 is 1.27 bits per heavy atom. The first-order valence-electron chi connectivity index (χ1n) is 4.75. The fourth-order valence-corrected chi connectivity index (χ4v) is 1.07. The lowest BCUT2D eigenvalue weighted by Crippen LogP contribution is -2.33. The Morgan fingerprint density at radius 3 is 2.33 bits per heavy atom. The maximum Gasteiger partial charge on any atom is 0.438 e. The van der Waals surface area contributed by atoms with Gasteiger partial charge in [-0.15, -0.1) is 0 Å². The standard InChI is InChI=1S/C11H15NO3/c1-9(2)15-12(11(13)14-3)10-7-5-4-6-8-10/h4-9H,1-3H3. The summed E-state index contributed by atoms with van der Waals surface area (Å²) in [5.41, 5.74) is 0.651. The van der Waals surface area contributed by atoms with Crippen LogP contribution in [-0.2, 0) is 9.57 Å². The van der Waals surface area contributed by atoms with E-state index in [1.165, 1.54) is 7.11 Å². The number of hydrogen-bond donors (Lipinski definition) is 0. The third kappa shape index (κ3) is 3.25. The molecule has 82 valence electrons. The second kappa shape index (κ2) is 5.36. The van der Waals surface area contributed by atoms with Crippen molar-refractivity contribution in [3.8, 4) is 0 Å². The molecule has 1 aromatic rings. The van der Waals surface area contributed by atoms with Gasteiger partial charge in [0, 0.05) is 0 Å². The van der Waals surface area contributed by atoms with Gasteiger partial charge in [-0.2, -0.15) is 5.06 Å². The van der Waals surface area contributed by atoms with Crippen molar-refractivity contribution < 1.29 is 14.4 Å². The molecule has 1 aromatic carbocycles. The molecule has 1 rings (SSSR count). The summed E-state index contributed by atoms with van der Waals surface area (Å²) in [5.74, 6) is 0. The fraction of sp³-hybridized carbons (Fsp3) is 0.364. The molecule has 0 saturated heterocycles. The summed E-state index contributed by atoms with van der Waals surface area (Å²) < 4.78 is 4.63. The first kappa shape index (κ1) is 11.5. The molecule has 0 unspecified atom stereocenters. The molecule has 4 nitrogen and oxygen atoms in total. The molecule has 0 heterocycles. The van der Waals surface area contributed by atoms with Crippen LogP contribution in [0.25, 0.3) is 0 Å². The topological polar surface area (TPSA) is 38.8 Å². The number of para-hydroxylation sites is 1. The molecule has 0 aliphatic rings. The number of benzene rings is 1. The number of ether oxygens (including phenoxy) is 1. The van der Waals surface area contributed by atoms with E-state index in [0.29, 0.717) is 5.69 Å². The second-order valence-electron chi connectivity index (χ2n) is 3.25. The fourth-order valence-electron chi connectivity index (χ4n) is 1.07. The molecule has 0 N–H and O–H groups in total. The highest BCUT2D eigenvalue weighted by Gasteiger charge is 2.18. The van der Waals surface area contributed by atoms with Crippen LogP contribution in [0.15, 0.2) is 30.3 Å². The summed E-state index contributed by atoms with van der Waals surface area (Å²) in [7, 11) is 1.32. The van der Waals surface area contributed by atoms with Crippen LogP contribution in [0.2, 0.25) is 0 Å². The van der Waals surface area contributed by atoms with Gasteiger partial charge in [-0.3, -0.25) is 4.84 Å². The van der Waals surface area contributed by atoms with E-state index in [9.17, 15) is 4.79 Å². The number of hydroxylamine groups is 1. The molecule has 0 bridgehead atoms. The lowest BCUT2D eigenvalue weighted by Gasteiger charge is -2.22. The molecular weight excluding hydrogens is 194 g/mol. The van der Waals surface area contributed by atoms with Crippen LogP contribution in [0.5, 0.6) is 0 Å². The molecule has 0 atom stereocenters. The predicted molar refractivity (Wildman–Crippen MR) is 57.5 cm³/mol. The summed E-state index contributed by atoms with van der Waals surface area (Å²) in [4.78, 5) is 16.8. The molecule has 0 fully saturated rings. The zero-order valence-corrected chi connectivity index (χ0v) is 9.14. The number of amides is 1. The zero-order valence-electron chi connectivity index (χ0n) is 9.14. The molecule has 0 aliphatic carbocycles. The van der Waals surface area contributed by atoms with E-state index in [2.05, 4.69) is 4.74 Å². The van der Waals surface area contributed by atoms with Gasteiger partial charge in [0.05, 0.1) is 18.9 Å². The Balaban J connectivity index is 2.86. The Labute approximate surface area is 89.4 Å². The Hall–Kier alpha value is -1.55. The van der Waals surface area contributed by atoms with Gasteiger partial charge >= 0.3 is 6.09 Å². The lowest BCUT2D eigenvalue weighted by atomic mass is 10.3. The molecule has 15 heavy (non-hydrogen) atoms. The van der Waals surface area contributed by atoms with Crippen LogP contribution < -0.4 is 5.06 Å². The van der Waals surface area contributed by atoms with Gasteiger partial charge in [0.15, 0.2) is 0 Å². The smallest absolute Gasteiger partial charge is 0.438 e. The van der Waals surface area contributed by atoms with Crippen LogP contribution in [0.3, 0.4) is 0 Å². The van der Waals surface area contributed by atoms with E-state index in [1.807, 2.05) is 32.0 Å². The minimum Gasteiger partial charge on any atom is -0.451 e. The maximum atomic E-state index is 11.4. The largest absolute Gasteiger partial charge is 0.451 e. The van der Waals surface area contributed by atoms with E-state index >= 15 is 0 Å². The van der Waals surface area contributed by atoms with E-state index in [0.717, 1.165) is 5.06 Å². The molecule has 1 amide bonds. The number of anilines is 1. The van der Waals surface area contributed by atoms with Crippen LogP contribution in [0, 0.1) is 0 Å². The minimum absolute atomic E-state index is 0.0932. The third-order valence-corrected chi connectivity index (χ3v) is 1.65. The van der Waals surface area contributed by atoms with E-state index in [1.54, 1.807) is 12.1 Å². The summed E-state index contributed by atoms with van der Waals surface area (Å²) in [6, 6.07) is 9.08. The molecule has 0 spiro atoms. The van der Waals surface area contributed by atoms with Crippen molar-refractivity contribution in [2.24, 2.45) is 0 Å². The summed E-state index contributed by atoms with van der Waals surface area (Å²) in [5, 5.41) is 1.14. The van der Waals surface area contributed by atoms with Gasteiger partial charge in [-0.05, 0) is 26.0 Å². The average Bonchev–Trinajstić information content (AvgIpc) is 2.26. The molecular formula is C11H15NO3. The van der Waals surface area contributed by atoms with Crippen molar-refractivity contribution in [1.29, 1.82) is 0 Å². The van der Waals surface area contributed by atoms with Gasteiger partial charge in [0.2, 0.25) is 0 Å². The lowest BCUT2D eigenvalue weighted by molar-refractivity contribution is 0.0484. The summed E-state index contributed by atoms with van der Waals surface area (Å²) in [6.07, 6.45) is -0.626. The van der Waals surface area contributed by atoms with Crippen LogP contribution in [0.1, 0.15) is 13.8 Å². The Kier molecular flexibility index (Phi) is 4.12. The number of rotatable bonds is 3. The van der Waals surface area contributed by atoms with E-state index < -0.39 is 6.09 Å². The van der Waals surface area contributed by atoms with Crippen molar-refractivity contribution in [3.05, 3.63) is 30.3 Å². The third-order valence-electron chi connectivity index (χ3n) is 1.65. The quantitative estimate of drug-likeness (QED) is 0.718. The monoisotopic (exact) mass is 209 g/mol. The van der Waals surface area contributed by atoms with Crippen molar-refractivity contribution in [2.75, 3.05) is 12.2 Å². The second-order valence-corrected chi connectivity index (χ2v) is 3.25.